The molecule has 1 aromatic carbocycles. The Morgan fingerprint density at radius 3 is 2.64 bits per heavy atom. The van der Waals surface area contributed by atoms with E-state index in [0.29, 0.717) is 13.0 Å². The first-order valence-electron chi connectivity index (χ1n) is 8.88. The fourth-order valence-electron chi connectivity index (χ4n) is 2.33. The Labute approximate surface area is 169 Å². The van der Waals surface area contributed by atoms with Crippen LogP contribution in [0.25, 0.3) is 0 Å². The highest BCUT2D eigenvalue weighted by atomic mass is 127. The van der Waals surface area contributed by atoms with Gasteiger partial charge in [-0.1, -0.05) is 32.9 Å². The van der Waals surface area contributed by atoms with E-state index in [0.717, 1.165) is 42.5 Å². The Bertz CT molecular complexity index is 532. The Kier molecular flexibility index (Phi) is 13.2. The third-order valence-electron chi connectivity index (χ3n) is 3.62. The molecule has 5 nitrogen and oxygen atoms in total. The van der Waals surface area contributed by atoms with Gasteiger partial charge in [0.2, 0.25) is 5.91 Å². The van der Waals surface area contributed by atoms with E-state index in [4.69, 9.17) is 0 Å². The van der Waals surface area contributed by atoms with Gasteiger partial charge in [-0.2, -0.15) is 0 Å². The summed E-state index contributed by atoms with van der Waals surface area (Å²) in [5.41, 5.74) is 1.95. The minimum Gasteiger partial charge on any atom is -0.356 e. The summed E-state index contributed by atoms with van der Waals surface area (Å²) < 4.78 is 0. The quantitative estimate of drug-likeness (QED) is 0.225. The van der Waals surface area contributed by atoms with E-state index in [9.17, 15) is 4.79 Å². The van der Waals surface area contributed by atoms with Crippen molar-refractivity contribution in [1.82, 2.24) is 10.6 Å². The van der Waals surface area contributed by atoms with Gasteiger partial charge in [0.05, 0.1) is 0 Å². The monoisotopic (exact) mass is 460 g/mol. The normalized spacial score (nSPS) is 11.0. The maximum atomic E-state index is 11.7. The lowest BCUT2D eigenvalue weighted by Crippen LogP contribution is -2.37. The first kappa shape index (κ1) is 23.7. The van der Waals surface area contributed by atoms with E-state index in [2.05, 4.69) is 34.8 Å². The van der Waals surface area contributed by atoms with E-state index in [-0.39, 0.29) is 29.9 Å². The zero-order chi connectivity index (χ0) is 17.8. The predicted octanol–water partition coefficient (Wildman–Crippen LogP) is 4.14. The van der Waals surface area contributed by atoms with Crippen LogP contribution in [0.5, 0.6) is 0 Å². The highest BCUT2D eigenvalue weighted by molar-refractivity contribution is 14.0. The Morgan fingerprint density at radius 1 is 1.24 bits per heavy atom. The highest BCUT2D eigenvalue weighted by Crippen LogP contribution is 2.11. The van der Waals surface area contributed by atoms with Gasteiger partial charge in [-0.05, 0) is 42.9 Å². The second-order valence-corrected chi connectivity index (χ2v) is 6.39. The van der Waals surface area contributed by atoms with Crippen LogP contribution in [-0.2, 0) is 11.3 Å². The maximum absolute atomic E-state index is 11.7. The highest BCUT2D eigenvalue weighted by Gasteiger charge is 2.03. The molecule has 0 bridgehead atoms. The number of nitrogens with one attached hydrogen (secondary N) is 3. The molecular weight excluding hydrogens is 427 g/mol. The van der Waals surface area contributed by atoms with E-state index < -0.39 is 0 Å². The summed E-state index contributed by atoms with van der Waals surface area (Å²) in [6, 6.07) is 7.90. The lowest BCUT2D eigenvalue weighted by atomic mass is 10.1. The Balaban J connectivity index is 0.00000576. The molecule has 0 atom stereocenters. The summed E-state index contributed by atoms with van der Waals surface area (Å²) in [6.07, 6.45) is 3.75. The molecule has 0 fully saturated rings. The van der Waals surface area contributed by atoms with Crippen LogP contribution in [0, 0.1) is 5.92 Å². The van der Waals surface area contributed by atoms with Gasteiger partial charge in [0.1, 0.15) is 0 Å². The van der Waals surface area contributed by atoms with Crippen LogP contribution in [-0.4, -0.2) is 25.5 Å². The fraction of sp³-hybridized carbons (Fsp3) is 0.579. The third-order valence-corrected chi connectivity index (χ3v) is 3.62. The van der Waals surface area contributed by atoms with Crippen molar-refractivity contribution in [2.45, 2.75) is 53.0 Å². The lowest BCUT2D eigenvalue weighted by molar-refractivity contribution is -0.116. The Morgan fingerprint density at radius 2 is 2.00 bits per heavy atom. The van der Waals surface area contributed by atoms with Crippen LogP contribution in [0.15, 0.2) is 29.3 Å². The molecule has 1 aromatic rings. The number of rotatable bonds is 9. The summed E-state index contributed by atoms with van der Waals surface area (Å²) >= 11 is 0. The van der Waals surface area contributed by atoms with Crippen LogP contribution < -0.4 is 16.0 Å². The number of carbonyl (C=O) groups excluding carboxylic acids is 1. The molecule has 0 aliphatic rings. The van der Waals surface area contributed by atoms with Crippen molar-refractivity contribution in [3.8, 4) is 0 Å². The second-order valence-electron chi connectivity index (χ2n) is 6.39. The predicted molar refractivity (Wildman–Crippen MR) is 118 cm³/mol. The zero-order valence-corrected chi connectivity index (χ0v) is 18.2. The maximum Gasteiger partial charge on any atom is 0.224 e. The minimum absolute atomic E-state index is 0. The standard InChI is InChI=1S/C19H32N4O.HI/c1-5-8-18(24)23-17-11-6-10-16(13-17)14-22-19(20-4)21-12-7-9-15(2)3;/h6,10-11,13,15H,5,7-9,12,14H2,1-4H3,(H,23,24)(H2,20,21,22);1H. The first-order valence-corrected chi connectivity index (χ1v) is 8.88. The molecule has 0 aliphatic heterocycles. The molecule has 25 heavy (non-hydrogen) atoms. The van der Waals surface area contributed by atoms with Crippen molar-refractivity contribution in [1.29, 1.82) is 0 Å². The van der Waals surface area contributed by atoms with Crippen molar-refractivity contribution in [2.24, 2.45) is 10.9 Å². The van der Waals surface area contributed by atoms with Crippen LogP contribution in [0.2, 0.25) is 0 Å². The molecule has 6 heteroatoms. The first-order chi connectivity index (χ1) is 11.5. The van der Waals surface area contributed by atoms with Gasteiger partial charge >= 0.3 is 0 Å². The number of amides is 1. The van der Waals surface area contributed by atoms with Gasteiger partial charge in [-0.3, -0.25) is 9.79 Å². The number of carbonyl (C=O) groups is 1. The third kappa shape index (κ3) is 11.0. The van der Waals surface area contributed by atoms with Crippen LogP contribution in [0.1, 0.15) is 52.0 Å². The zero-order valence-electron chi connectivity index (χ0n) is 15.9. The minimum atomic E-state index is 0. The van der Waals surface area contributed by atoms with E-state index in [1.165, 1.54) is 6.42 Å². The molecule has 0 unspecified atom stereocenters. The smallest absolute Gasteiger partial charge is 0.224 e. The van der Waals surface area contributed by atoms with Crippen molar-refractivity contribution in [3.63, 3.8) is 0 Å². The number of anilines is 1. The molecular formula is C19H33IN4O. The summed E-state index contributed by atoms with van der Waals surface area (Å²) in [7, 11) is 1.78. The SMILES string of the molecule is CCCC(=O)Nc1cccc(CNC(=NC)NCCCC(C)C)c1.I. The topological polar surface area (TPSA) is 65.5 Å². The molecule has 0 aromatic heterocycles. The van der Waals surface area contributed by atoms with Gasteiger partial charge in [0, 0.05) is 32.2 Å². The van der Waals surface area contributed by atoms with Crippen molar-refractivity contribution >= 4 is 41.5 Å². The molecule has 0 saturated carbocycles. The summed E-state index contributed by atoms with van der Waals surface area (Å²) in [5.74, 6) is 1.59. The number of hydrogen-bond donors (Lipinski definition) is 3. The van der Waals surface area contributed by atoms with Gasteiger partial charge in [0.15, 0.2) is 5.96 Å². The molecule has 1 amide bonds. The van der Waals surface area contributed by atoms with Crippen molar-refractivity contribution in [2.75, 3.05) is 18.9 Å². The Hall–Kier alpha value is -1.31. The molecule has 0 radical (unpaired) electrons. The molecule has 0 aliphatic carbocycles. The van der Waals surface area contributed by atoms with Gasteiger partial charge in [-0.25, -0.2) is 0 Å². The molecule has 3 N–H and O–H groups in total. The summed E-state index contributed by atoms with van der Waals surface area (Å²) in [4.78, 5) is 15.9. The number of halogens is 1. The van der Waals surface area contributed by atoms with Gasteiger partial charge in [-0.15, -0.1) is 24.0 Å². The number of hydrogen-bond acceptors (Lipinski definition) is 2. The average Bonchev–Trinajstić information content (AvgIpc) is 2.54. The number of benzene rings is 1. The molecule has 1 rings (SSSR count). The van der Waals surface area contributed by atoms with E-state index in [1.807, 2.05) is 31.2 Å². The van der Waals surface area contributed by atoms with Crippen LogP contribution in [0.3, 0.4) is 0 Å². The van der Waals surface area contributed by atoms with Crippen LogP contribution >= 0.6 is 24.0 Å². The molecule has 0 saturated heterocycles. The van der Waals surface area contributed by atoms with E-state index >= 15 is 0 Å². The van der Waals surface area contributed by atoms with Gasteiger partial charge < -0.3 is 16.0 Å². The van der Waals surface area contributed by atoms with Crippen molar-refractivity contribution < 1.29 is 4.79 Å². The summed E-state index contributed by atoms with van der Waals surface area (Å²) in [6.45, 7) is 8.06. The van der Waals surface area contributed by atoms with Crippen LogP contribution in [0.4, 0.5) is 5.69 Å². The summed E-state index contributed by atoms with van der Waals surface area (Å²) in [5, 5.41) is 9.56. The number of guanidine groups is 1. The molecule has 0 heterocycles. The second kappa shape index (κ2) is 13.9. The molecule has 142 valence electrons. The van der Waals surface area contributed by atoms with E-state index in [1.54, 1.807) is 7.05 Å². The fourth-order valence-corrected chi connectivity index (χ4v) is 2.33. The average molecular weight is 460 g/mol. The van der Waals surface area contributed by atoms with Crippen molar-refractivity contribution in [3.05, 3.63) is 29.8 Å². The molecule has 0 spiro atoms. The lowest BCUT2D eigenvalue weighted by Gasteiger charge is -2.13. The van der Waals surface area contributed by atoms with Gasteiger partial charge in [0.25, 0.3) is 0 Å². The number of aliphatic imine (C=N–C) groups is 1. The number of nitrogens with zero attached hydrogens (tertiary/aromatic N) is 1. The largest absolute Gasteiger partial charge is 0.356 e.